The number of aliphatic hydroxyl groups excluding tert-OH is 2. The van der Waals surface area contributed by atoms with Gasteiger partial charge >= 0.3 is 0 Å². The monoisotopic (exact) mass is 456 g/mol. The smallest absolute Gasteiger partial charge is 0.255 e. The Morgan fingerprint density at radius 2 is 2.00 bits per heavy atom. The second-order valence-corrected chi connectivity index (χ2v) is 8.72. The zero-order valence-corrected chi connectivity index (χ0v) is 17.9. The number of carbonyl (C=O) groups is 2. The van der Waals surface area contributed by atoms with Gasteiger partial charge in [0.25, 0.3) is 11.8 Å². The lowest BCUT2D eigenvalue weighted by Gasteiger charge is -2.28. The molecular formula is C20H22Cl2N2O4S. The predicted molar refractivity (Wildman–Crippen MR) is 113 cm³/mol. The number of nitrogens with zero attached hydrogens (tertiary/aromatic N) is 1. The molecule has 1 aliphatic rings. The van der Waals surface area contributed by atoms with Crippen molar-refractivity contribution in [2.24, 2.45) is 0 Å². The van der Waals surface area contributed by atoms with Crippen molar-refractivity contribution in [3.8, 4) is 0 Å². The number of amides is 2. The summed E-state index contributed by atoms with van der Waals surface area (Å²) in [4.78, 5) is 27.5. The van der Waals surface area contributed by atoms with Gasteiger partial charge in [0.05, 0.1) is 16.1 Å². The molecule has 1 saturated heterocycles. The molecule has 156 valence electrons. The number of rotatable bonds is 7. The Hall–Kier alpha value is -1.64. The molecule has 3 atom stereocenters. The molecule has 29 heavy (non-hydrogen) atoms. The largest absolute Gasteiger partial charge is 0.380 e. The highest BCUT2D eigenvalue weighted by Gasteiger charge is 2.38. The summed E-state index contributed by atoms with van der Waals surface area (Å²) < 4.78 is 0. The van der Waals surface area contributed by atoms with Crippen LogP contribution in [0.25, 0.3) is 0 Å². The van der Waals surface area contributed by atoms with Gasteiger partial charge in [-0.25, -0.2) is 0 Å². The van der Waals surface area contributed by atoms with E-state index in [1.807, 2.05) is 17.5 Å². The van der Waals surface area contributed by atoms with Crippen LogP contribution in [0, 0.1) is 0 Å². The third kappa shape index (κ3) is 5.29. The van der Waals surface area contributed by atoms with E-state index in [0.717, 1.165) is 16.9 Å². The van der Waals surface area contributed by atoms with E-state index in [4.69, 9.17) is 23.2 Å². The molecule has 0 spiro atoms. The van der Waals surface area contributed by atoms with Crippen molar-refractivity contribution < 1.29 is 19.8 Å². The predicted octanol–water partition coefficient (Wildman–Crippen LogP) is 2.80. The molecule has 2 amide bonds. The second-order valence-electron chi connectivity index (χ2n) is 6.87. The quantitative estimate of drug-likeness (QED) is 0.597. The SMILES string of the molecule is O=C(NCCc1cccs1)[C@H](O)[C@@H](O)C(=O)N1CCCC1c1ccc(Cl)c(Cl)c1. The van der Waals surface area contributed by atoms with Crippen molar-refractivity contribution in [3.05, 3.63) is 56.2 Å². The zero-order chi connectivity index (χ0) is 21.0. The molecule has 1 aromatic carbocycles. The Bertz CT molecular complexity index is 862. The number of aliphatic hydroxyl groups is 2. The summed E-state index contributed by atoms with van der Waals surface area (Å²) in [6, 6.07) is 8.71. The molecule has 1 aliphatic heterocycles. The van der Waals surface area contributed by atoms with Crippen LogP contribution in [0.3, 0.4) is 0 Å². The lowest BCUT2D eigenvalue weighted by Crippen LogP contribution is -2.50. The number of likely N-dealkylation sites (tertiary alicyclic amines) is 1. The lowest BCUT2D eigenvalue weighted by molar-refractivity contribution is -0.153. The van der Waals surface area contributed by atoms with Gasteiger partial charge in [-0.05, 0) is 48.4 Å². The Kier molecular flexibility index (Phi) is 7.54. The summed E-state index contributed by atoms with van der Waals surface area (Å²) in [5, 5.41) is 25.8. The molecular weight excluding hydrogens is 435 g/mol. The van der Waals surface area contributed by atoms with Gasteiger partial charge in [-0.15, -0.1) is 11.3 Å². The van der Waals surface area contributed by atoms with E-state index in [-0.39, 0.29) is 6.04 Å². The summed E-state index contributed by atoms with van der Waals surface area (Å²) in [7, 11) is 0. The third-order valence-corrected chi connectivity index (χ3v) is 6.61. The van der Waals surface area contributed by atoms with Crippen LogP contribution in [0.15, 0.2) is 35.7 Å². The van der Waals surface area contributed by atoms with Gasteiger partial charge in [0.1, 0.15) is 0 Å². The Balaban J connectivity index is 1.59. The van der Waals surface area contributed by atoms with Crippen LogP contribution in [-0.2, 0) is 16.0 Å². The van der Waals surface area contributed by atoms with Crippen molar-refractivity contribution in [2.75, 3.05) is 13.1 Å². The molecule has 6 nitrogen and oxygen atoms in total. The highest BCUT2D eigenvalue weighted by atomic mass is 35.5. The van der Waals surface area contributed by atoms with Crippen LogP contribution >= 0.6 is 34.5 Å². The van der Waals surface area contributed by atoms with Gasteiger partial charge in [-0.1, -0.05) is 35.3 Å². The van der Waals surface area contributed by atoms with E-state index in [1.165, 1.54) is 4.90 Å². The number of halogens is 2. The van der Waals surface area contributed by atoms with Gasteiger partial charge in [0, 0.05) is 18.0 Å². The first-order chi connectivity index (χ1) is 13.9. The highest BCUT2D eigenvalue weighted by Crippen LogP contribution is 2.35. The van der Waals surface area contributed by atoms with Crippen LogP contribution in [0.2, 0.25) is 10.0 Å². The van der Waals surface area contributed by atoms with Crippen molar-refractivity contribution in [2.45, 2.75) is 37.5 Å². The van der Waals surface area contributed by atoms with Crippen molar-refractivity contribution in [1.29, 1.82) is 0 Å². The Labute approximate surface area is 183 Å². The topological polar surface area (TPSA) is 89.9 Å². The molecule has 0 saturated carbocycles. The molecule has 1 fully saturated rings. The van der Waals surface area contributed by atoms with E-state index in [9.17, 15) is 19.8 Å². The normalized spacial score (nSPS) is 18.5. The number of hydrogen-bond acceptors (Lipinski definition) is 5. The van der Waals surface area contributed by atoms with Crippen molar-refractivity contribution in [3.63, 3.8) is 0 Å². The maximum absolute atomic E-state index is 12.8. The van der Waals surface area contributed by atoms with Crippen LogP contribution in [0.1, 0.15) is 29.3 Å². The molecule has 9 heteroatoms. The minimum absolute atomic E-state index is 0.291. The van der Waals surface area contributed by atoms with E-state index < -0.39 is 24.0 Å². The number of carbonyl (C=O) groups excluding carboxylic acids is 2. The van der Waals surface area contributed by atoms with Crippen molar-refractivity contribution in [1.82, 2.24) is 10.2 Å². The molecule has 3 N–H and O–H groups in total. The minimum atomic E-state index is -1.83. The fraction of sp³-hybridized carbons (Fsp3) is 0.400. The summed E-state index contributed by atoms with van der Waals surface area (Å²) in [5.74, 6) is -1.45. The Morgan fingerprint density at radius 3 is 2.69 bits per heavy atom. The molecule has 2 aromatic rings. The standard InChI is InChI=1S/C20H22Cl2N2O4S/c21-14-6-5-12(11-15(14)22)16-4-1-9-24(16)20(28)18(26)17(25)19(27)23-8-7-13-3-2-10-29-13/h2-3,5-6,10-11,16-18,25-26H,1,4,7-9H2,(H,23,27)/t16?,17-,18-/m1/s1. The van der Waals surface area contributed by atoms with Gasteiger partial charge in [0.2, 0.25) is 0 Å². The first-order valence-electron chi connectivity index (χ1n) is 9.30. The second kappa shape index (κ2) is 9.91. The van der Waals surface area contributed by atoms with E-state index in [2.05, 4.69) is 5.32 Å². The van der Waals surface area contributed by atoms with Gasteiger partial charge in [-0.3, -0.25) is 9.59 Å². The molecule has 2 heterocycles. The van der Waals surface area contributed by atoms with Crippen LogP contribution in [0.5, 0.6) is 0 Å². The van der Waals surface area contributed by atoms with Crippen LogP contribution in [0.4, 0.5) is 0 Å². The van der Waals surface area contributed by atoms with Crippen molar-refractivity contribution >= 4 is 46.4 Å². The minimum Gasteiger partial charge on any atom is -0.380 e. The average molecular weight is 457 g/mol. The van der Waals surface area contributed by atoms with Crippen LogP contribution < -0.4 is 5.32 Å². The summed E-state index contributed by atoms with van der Waals surface area (Å²) in [6.07, 6.45) is -1.61. The van der Waals surface area contributed by atoms with Gasteiger partial charge in [-0.2, -0.15) is 0 Å². The maximum Gasteiger partial charge on any atom is 0.255 e. The highest BCUT2D eigenvalue weighted by molar-refractivity contribution is 7.09. The molecule has 1 unspecified atom stereocenters. The summed E-state index contributed by atoms with van der Waals surface area (Å²) in [6.45, 7) is 0.737. The maximum atomic E-state index is 12.8. The van der Waals surface area contributed by atoms with Gasteiger partial charge < -0.3 is 20.4 Å². The lowest BCUT2D eigenvalue weighted by atomic mass is 10.0. The summed E-state index contributed by atoms with van der Waals surface area (Å²) in [5.41, 5.74) is 0.798. The first-order valence-corrected chi connectivity index (χ1v) is 10.9. The fourth-order valence-corrected chi connectivity index (χ4v) is 4.43. The molecule has 0 bridgehead atoms. The van der Waals surface area contributed by atoms with Crippen LogP contribution in [-0.4, -0.2) is 52.2 Å². The first kappa shape index (κ1) is 22.1. The summed E-state index contributed by atoms with van der Waals surface area (Å²) >= 11 is 13.6. The third-order valence-electron chi connectivity index (χ3n) is 4.94. The average Bonchev–Trinajstić information content (AvgIpc) is 3.40. The van der Waals surface area contributed by atoms with E-state index >= 15 is 0 Å². The molecule has 0 radical (unpaired) electrons. The zero-order valence-electron chi connectivity index (χ0n) is 15.6. The Morgan fingerprint density at radius 1 is 1.21 bits per heavy atom. The number of hydrogen-bond donors (Lipinski definition) is 3. The number of nitrogens with one attached hydrogen (secondary N) is 1. The molecule has 1 aromatic heterocycles. The molecule has 3 rings (SSSR count). The van der Waals surface area contributed by atoms with Gasteiger partial charge in [0.15, 0.2) is 12.2 Å². The van der Waals surface area contributed by atoms with E-state index in [0.29, 0.717) is 36.0 Å². The fourth-order valence-electron chi connectivity index (χ4n) is 3.41. The molecule has 0 aliphatic carbocycles. The number of benzene rings is 1. The van der Waals surface area contributed by atoms with E-state index in [1.54, 1.807) is 29.5 Å². The number of thiophene rings is 1.